The highest BCUT2D eigenvalue weighted by molar-refractivity contribution is 6.08. The maximum Gasteiger partial charge on any atom is 0.257 e. The van der Waals surface area contributed by atoms with Gasteiger partial charge in [-0.3, -0.25) is 14.6 Å². The highest BCUT2D eigenvalue weighted by Crippen LogP contribution is 2.38. The van der Waals surface area contributed by atoms with Crippen LogP contribution in [0.15, 0.2) is 77.9 Å². The van der Waals surface area contributed by atoms with Gasteiger partial charge in [0, 0.05) is 35.8 Å². The zero-order valence-electron chi connectivity index (χ0n) is 20.9. The van der Waals surface area contributed by atoms with Gasteiger partial charge in [-0.25, -0.2) is 4.98 Å². The van der Waals surface area contributed by atoms with Gasteiger partial charge in [0.05, 0.1) is 41.0 Å². The molecule has 0 radical (unpaired) electrons. The van der Waals surface area contributed by atoms with Crippen molar-refractivity contribution >= 4 is 45.5 Å². The van der Waals surface area contributed by atoms with E-state index in [1.54, 1.807) is 30.5 Å². The first-order chi connectivity index (χ1) is 18.6. The van der Waals surface area contributed by atoms with Gasteiger partial charge in [-0.05, 0) is 43.2 Å². The molecular formula is C30H26N4O4. The van der Waals surface area contributed by atoms with Gasteiger partial charge in [0.25, 0.3) is 11.8 Å². The van der Waals surface area contributed by atoms with Crippen LogP contribution in [0.5, 0.6) is 11.5 Å². The van der Waals surface area contributed by atoms with Crippen LogP contribution in [0.4, 0.5) is 5.69 Å². The van der Waals surface area contributed by atoms with Crippen LogP contribution in [-0.2, 0) is 0 Å². The first-order valence-electron chi connectivity index (χ1n) is 12.6. The lowest BCUT2D eigenvalue weighted by Gasteiger charge is -2.20. The van der Waals surface area contributed by atoms with Gasteiger partial charge in [-0.2, -0.15) is 0 Å². The van der Waals surface area contributed by atoms with E-state index in [1.807, 2.05) is 53.6 Å². The second kappa shape index (κ2) is 9.97. The molecule has 1 aromatic heterocycles. The lowest BCUT2D eigenvalue weighted by Crippen LogP contribution is -2.35. The largest absolute Gasteiger partial charge is 0.493 e. The SMILES string of the molecule is COc1cc2c(cc1OC/C=C\NC(=O)c1cccc3cc4ccccc4nc13)N=C[C@@H]1CCCN1C2=O. The normalized spacial score (nSPS) is 16.5. The Labute approximate surface area is 219 Å². The number of benzene rings is 3. The van der Waals surface area contributed by atoms with Gasteiger partial charge >= 0.3 is 0 Å². The molecule has 6 rings (SSSR count). The zero-order chi connectivity index (χ0) is 26.1. The van der Waals surface area contributed by atoms with Crippen molar-refractivity contribution in [2.24, 2.45) is 4.99 Å². The van der Waals surface area contributed by atoms with Crippen LogP contribution >= 0.6 is 0 Å². The maximum atomic E-state index is 13.0. The van der Waals surface area contributed by atoms with E-state index < -0.39 is 0 Å². The summed E-state index contributed by atoms with van der Waals surface area (Å²) in [5, 5.41) is 4.73. The molecule has 38 heavy (non-hydrogen) atoms. The molecular weight excluding hydrogens is 480 g/mol. The fraction of sp³-hybridized carbons (Fsp3) is 0.200. The molecule has 8 heteroatoms. The summed E-state index contributed by atoms with van der Waals surface area (Å²) in [5.74, 6) is 0.629. The van der Waals surface area contributed by atoms with E-state index in [0.29, 0.717) is 33.8 Å². The number of fused-ring (bicyclic) bond motifs is 4. The topological polar surface area (TPSA) is 93.1 Å². The molecule has 3 aromatic carbocycles. The van der Waals surface area contributed by atoms with Crippen LogP contribution in [0, 0.1) is 0 Å². The van der Waals surface area contributed by atoms with Crippen molar-refractivity contribution in [3.8, 4) is 11.5 Å². The number of aliphatic imine (C=N–C) groups is 1. The molecule has 0 spiro atoms. The first-order valence-corrected chi connectivity index (χ1v) is 12.6. The molecule has 3 heterocycles. The predicted molar refractivity (Wildman–Crippen MR) is 147 cm³/mol. The number of ether oxygens (including phenoxy) is 2. The minimum Gasteiger partial charge on any atom is -0.493 e. The summed E-state index contributed by atoms with van der Waals surface area (Å²) in [4.78, 5) is 37.1. The average Bonchev–Trinajstić information content (AvgIpc) is 3.38. The van der Waals surface area contributed by atoms with E-state index in [-0.39, 0.29) is 24.5 Å². The number of carbonyl (C=O) groups is 2. The summed E-state index contributed by atoms with van der Waals surface area (Å²) < 4.78 is 11.4. The number of rotatable bonds is 6. The van der Waals surface area contributed by atoms with Gasteiger partial charge < -0.3 is 19.7 Å². The van der Waals surface area contributed by atoms with Crippen molar-refractivity contribution in [1.82, 2.24) is 15.2 Å². The molecule has 1 N–H and O–H groups in total. The Morgan fingerprint density at radius 3 is 2.87 bits per heavy atom. The fourth-order valence-electron chi connectivity index (χ4n) is 5.00. The Balaban J connectivity index is 1.15. The molecule has 1 saturated heterocycles. The van der Waals surface area contributed by atoms with Gasteiger partial charge in [0.1, 0.15) is 6.61 Å². The molecule has 0 bridgehead atoms. The smallest absolute Gasteiger partial charge is 0.257 e. The molecule has 2 amide bonds. The van der Waals surface area contributed by atoms with E-state index >= 15 is 0 Å². The highest BCUT2D eigenvalue weighted by atomic mass is 16.5. The lowest BCUT2D eigenvalue weighted by atomic mass is 10.1. The number of hydrogen-bond acceptors (Lipinski definition) is 6. The van der Waals surface area contributed by atoms with Gasteiger partial charge in [0.15, 0.2) is 11.5 Å². The number of aromatic nitrogens is 1. The van der Waals surface area contributed by atoms with E-state index in [0.717, 1.165) is 35.7 Å². The molecule has 0 unspecified atom stereocenters. The second-order valence-electron chi connectivity index (χ2n) is 9.25. The fourth-order valence-corrected chi connectivity index (χ4v) is 5.00. The van der Waals surface area contributed by atoms with Crippen LogP contribution in [0.25, 0.3) is 21.8 Å². The molecule has 4 aromatic rings. The zero-order valence-corrected chi connectivity index (χ0v) is 20.9. The average molecular weight is 507 g/mol. The molecule has 1 atom stereocenters. The molecule has 0 aliphatic carbocycles. The van der Waals surface area contributed by atoms with Crippen molar-refractivity contribution in [2.45, 2.75) is 18.9 Å². The van der Waals surface area contributed by atoms with E-state index in [9.17, 15) is 9.59 Å². The van der Waals surface area contributed by atoms with Crippen molar-refractivity contribution in [1.29, 1.82) is 0 Å². The summed E-state index contributed by atoms with van der Waals surface area (Å²) in [6.07, 6.45) is 6.99. The molecule has 8 nitrogen and oxygen atoms in total. The Morgan fingerprint density at radius 2 is 1.97 bits per heavy atom. The Kier molecular flexibility index (Phi) is 6.21. The van der Waals surface area contributed by atoms with Crippen LogP contribution < -0.4 is 14.8 Å². The molecule has 190 valence electrons. The Morgan fingerprint density at radius 1 is 1.11 bits per heavy atom. The molecule has 2 aliphatic heterocycles. The quantitative estimate of drug-likeness (QED) is 0.370. The van der Waals surface area contributed by atoms with Crippen LogP contribution in [0.2, 0.25) is 0 Å². The van der Waals surface area contributed by atoms with Crippen LogP contribution in [0.3, 0.4) is 0 Å². The maximum absolute atomic E-state index is 13.0. The standard InChI is InChI=1S/C30H26N4O4/c1-37-26-16-23-25(32-18-21-9-5-13-34(21)30(23)36)17-27(26)38-14-6-12-31-29(35)22-10-4-8-20-15-19-7-2-3-11-24(19)33-28(20)22/h2-4,6-8,10-12,15-18,21H,5,9,13-14H2,1H3,(H,31,35)/b12-6-/t21-/m0/s1. The number of carbonyl (C=O) groups excluding carboxylic acids is 2. The second-order valence-corrected chi connectivity index (χ2v) is 9.25. The monoisotopic (exact) mass is 506 g/mol. The Hall–Kier alpha value is -4.72. The number of nitrogens with one attached hydrogen (secondary N) is 1. The molecule has 0 saturated carbocycles. The predicted octanol–water partition coefficient (Wildman–Crippen LogP) is 5.04. The highest BCUT2D eigenvalue weighted by Gasteiger charge is 2.32. The van der Waals surface area contributed by atoms with Crippen molar-refractivity contribution in [3.05, 3.63) is 84.1 Å². The number of hydrogen-bond donors (Lipinski definition) is 1. The number of pyridine rings is 1. The van der Waals surface area contributed by atoms with E-state index in [4.69, 9.17) is 14.5 Å². The summed E-state index contributed by atoms with van der Waals surface area (Å²) in [6, 6.07) is 18.9. The number of para-hydroxylation sites is 2. The molecule has 1 fully saturated rings. The first kappa shape index (κ1) is 23.7. The molecule has 2 aliphatic rings. The summed E-state index contributed by atoms with van der Waals surface area (Å²) >= 11 is 0. The van der Waals surface area contributed by atoms with Gasteiger partial charge in [0.2, 0.25) is 0 Å². The Bertz CT molecular complexity index is 1630. The summed E-state index contributed by atoms with van der Waals surface area (Å²) in [5.41, 5.74) is 3.06. The third-order valence-corrected chi connectivity index (χ3v) is 6.92. The lowest BCUT2D eigenvalue weighted by molar-refractivity contribution is 0.0774. The minimum atomic E-state index is -0.259. The van der Waals surface area contributed by atoms with Gasteiger partial charge in [-0.15, -0.1) is 0 Å². The van der Waals surface area contributed by atoms with Crippen molar-refractivity contribution in [3.63, 3.8) is 0 Å². The van der Waals surface area contributed by atoms with Crippen LogP contribution in [0.1, 0.15) is 33.6 Å². The van der Waals surface area contributed by atoms with Crippen molar-refractivity contribution < 1.29 is 19.1 Å². The van der Waals surface area contributed by atoms with Crippen LogP contribution in [-0.4, -0.2) is 54.2 Å². The third-order valence-electron chi connectivity index (χ3n) is 6.92. The number of nitrogens with zero attached hydrogens (tertiary/aromatic N) is 3. The third kappa shape index (κ3) is 4.34. The minimum absolute atomic E-state index is 0.0347. The number of amides is 2. The van der Waals surface area contributed by atoms with Gasteiger partial charge in [-0.1, -0.05) is 30.3 Å². The summed E-state index contributed by atoms with van der Waals surface area (Å²) in [6.45, 7) is 0.914. The van der Waals surface area contributed by atoms with E-state index in [1.165, 1.54) is 7.11 Å². The van der Waals surface area contributed by atoms with E-state index in [2.05, 4.69) is 10.3 Å². The number of methoxy groups -OCH3 is 1. The van der Waals surface area contributed by atoms with Crippen molar-refractivity contribution in [2.75, 3.05) is 20.3 Å². The summed E-state index contributed by atoms with van der Waals surface area (Å²) in [7, 11) is 1.54.